The highest BCUT2D eigenvalue weighted by atomic mass is 16.7. The largest absolute Gasteiger partial charge is 0.465 e. The maximum Gasteiger partial charge on any atom is 0.309 e. The molecule has 0 aromatic carbocycles. The first kappa shape index (κ1) is 21.6. The Balaban J connectivity index is 1.63. The second-order valence-corrected chi connectivity index (χ2v) is 8.02. The van der Waals surface area contributed by atoms with Gasteiger partial charge in [-0.25, -0.2) is 0 Å². The van der Waals surface area contributed by atoms with E-state index in [1.807, 2.05) is 6.92 Å². The molecule has 0 radical (unpaired) electrons. The molecule has 152 valence electrons. The van der Waals surface area contributed by atoms with E-state index in [0.29, 0.717) is 18.4 Å². The first-order valence-corrected chi connectivity index (χ1v) is 10.2. The predicted octanol–water partition coefficient (Wildman–Crippen LogP) is 2.64. The monoisotopic (exact) mass is 372 g/mol. The Morgan fingerprint density at radius 3 is 2.54 bits per heavy atom. The van der Waals surface area contributed by atoms with E-state index in [1.54, 1.807) is 6.92 Å². The fraction of sp³-hybridized carbons (Fsp3) is 0.950. The smallest absolute Gasteiger partial charge is 0.309 e. The number of aliphatic hydroxyl groups excluding tert-OH is 2. The van der Waals surface area contributed by atoms with Gasteiger partial charge in [-0.2, -0.15) is 0 Å². The summed E-state index contributed by atoms with van der Waals surface area (Å²) in [6.07, 6.45) is 2.41. The lowest BCUT2D eigenvalue weighted by Crippen LogP contribution is -2.48. The van der Waals surface area contributed by atoms with Gasteiger partial charge in [0.1, 0.15) is 6.10 Å². The van der Waals surface area contributed by atoms with Crippen molar-refractivity contribution >= 4 is 5.97 Å². The van der Waals surface area contributed by atoms with Crippen molar-refractivity contribution in [3.8, 4) is 0 Å². The Hall–Kier alpha value is -0.690. The molecule has 2 rings (SSSR count). The van der Waals surface area contributed by atoms with Gasteiger partial charge in [0, 0.05) is 6.42 Å². The van der Waals surface area contributed by atoms with Gasteiger partial charge in [0.2, 0.25) is 0 Å². The minimum absolute atomic E-state index is 0.0447. The zero-order chi connectivity index (χ0) is 19.3. The van der Waals surface area contributed by atoms with E-state index < -0.39 is 18.5 Å². The fourth-order valence-corrected chi connectivity index (χ4v) is 3.50. The van der Waals surface area contributed by atoms with Crippen molar-refractivity contribution in [2.24, 2.45) is 17.8 Å². The molecule has 1 heterocycles. The van der Waals surface area contributed by atoms with Crippen LogP contribution in [0.15, 0.2) is 0 Å². The first-order chi connectivity index (χ1) is 12.3. The number of rotatable bonds is 10. The van der Waals surface area contributed by atoms with Crippen LogP contribution in [0.5, 0.6) is 0 Å². The molecular weight excluding hydrogens is 336 g/mol. The van der Waals surface area contributed by atoms with Crippen molar-refractivity contribution in [2.45, 2.75) is 96.9 Å². The normalized spacial score (nSPS) is 35.3. The van der Waals surface area contributed by atoms with Crippen molar-refractivity contribution in [3.63, 3.8) is 0 Å². The van der Waals surface area contributed by atoms with Gasteiger partial charge in [0.05, 0.1) is 30.8 Å². The van der Waals surface area contributed by atoms with Crippen molar-refractivity contribution < 1.29 is 29.2 Å². The van der Waals surface area contributed by atoms with Crippen LogP contribution in [-0.2, 0) is 19.0 Å². The van der Waals surface area contributed by atoms with Gasteiger partial charge in [-0.1, -0.05) is 26.7 Å². The standard InChI is InChI=1S/C20H36O6/c1-5-14(6-2)11-24-19(23)16-9-15(16)8-7-12(3)25-20-18(22)10-17(21)13(4)26-20/h12-18,20-22H,5-11H2,1-4H3/t12-,13+,15-,16?,17?,18-,20?/m1/s1. The summed E-state index contributed by atoms with van der Waals surface area (Å²) in [4.78, 5) is 12.1. The quantitative estimate of drug-likeness (QED) is 0.574. The Morgan fingerprint density at radius 2 is 1.88 bits per heavy atom. The second kappa shape index (κ2) is 10.0. The highest BCUT2D eigenvalue weighted by Gasteiger charge is 2.44. The SMILES string of the molecule is CCC(CC)COC(=O)C1C[C@H]1CC[C@@H](C)OC1O[C@@H](C)C(O)C[C@H]1O. The minimum Gasteiger partial charge on any atom is -0.465 e. The van der Waals surface area contributed by atoms with Crippen LogP contribution in [0.2, 0.25) is 0 Å². The molecule has 1 saturated carbocycles. The van der Waals surface area contributed by atoms with Gasteiger partial charge in [-0.3, -0.25) is 4.79 Å². The van der Waals surface area contributed by atoms with E-state index in [2.05, 4.69) is 13.8 Å². The molecule has 2 aliphatic rings. The van der Waals surface area contributed by atoms with Crippen molar-refractivity contribution in [1.29, 1.82) is 0 Å². The van der Waals surface area contributed by atoms with Crippen LogP contribution in [0.25, 0.3) is 0 Å². The predicted molar refractivity (Wildman–Crippen MR) is 97.4 cm³/mol. The number of carbonyl (C=O) groups is 1. The summed E-state index contributed by atoms with van der Waals surface area (Å²) in [5.41, 5.74) is 0. The van der Waals surface area contributed by atoms with Crippen molar-refractivity contribution in [1.82, 2.24) is 0 Å². The van der Waals surface area contributed by atoms with Gasteiger partial charge in [0.25, 0.3) is 0 Å². The third-order valence-electron chi connectivity index (χ3n) is 5.84. The molecule has 0 spiro atoms. The van der Waals surface area contributed by atoms with Gasteiger partial charge in [-0.05, 0) is 44.9 Å². The molecule has 0 aromatic heterocycles. The average molecular weight is 373 g/mol. The van der Waals surface area contributed by atoms with E-state index in [0.717, 1.165) is 32.1 Å². The van der Waals surface area contributed by atoms with Crippen LogP contribution in [0.1, 0.15) is 66.2 Å². The van der Waals surface area contributed by atoms with E-state index in [1.165, 1.54) is 0 Å². The first-order valence-electron chi connectivity index (χ1n) is 10.2. The summed E-state index contributed by atoms with van der Waals surface area (Å²) >= 11 is 0. The molecule has 1 aliphatic heterocycles. The zero-order valence-corrected chi connectivity index (χ0v) is 16.6. The molecule has 7 atom stereocenters. The summed E-state index contributed by atoms with van der Waals surface area (Å²) in [6.45, 7) is 8.51. The van der Waals surface area contributed by atoms with Crippen LogP contribution in [0, 0.1) is 17.8 Å². The molecule has 0 aromatic rings. The van der Waals surface area contributed by atoms with Crippen LogP contribution in [0.4, 0.5) is 0 Å². The third kappa shape index (κ3) is 6.19. The van der Waals surface area contributed by atoms with E-state index in [9.17, 15) is 15.0 Å². The molecule has 1 saturated heterocycles. The summed E-state index contributed by atoms with van der Waals surface area (Å²) in [5.74, 6) is 0.841. The topological polar surface area (TPSA) is 85.2 Å². The van der Waals surface area contributed by atoms with Crippen molar-refractivity contribution in [2.75, 3.05) is 6.61 Å². The second-order valence-electron chi connectivity index (χ2n) is 8.02. The van der Waals surface area contributed by atoms with E-state index >= 15 is 0 Å². The number of aliphatic hydroxyl groups is 2. The van der Waals surface area contributed by atoms with Crippen LogP contribution in [0.3, 0.4) is 0 Å². The van der Waals surface area contributed by atoms with Gasteiger partial charge in [0.15, 0.2) is 6.29 Å². The number of hydrogen-bond acceptors (Lipinski definition) is 6. The van der Waals surface area contributed by atoms with Gasteiger partial charge < -0.3 is 24.4 Å². The summed E-state index contributed by atoms with van der Waals surface area (Å²) < 4.78 is 16.8. The lowest BCUT2D eigenvalue weighted by atomic mass is 10.0. The Bertz CT molecular complexity index is 438. The number of carbonyl (C=O) groups excluding carboxylic acids is 1. The minimum atomic E-state index is -0.808. The molecule has 3 unspecified atom stereocenters. The van der Waals surface area contributed by atoms with Crippen LogP contribution < -0.4 is 0 Å². The Labute approximate surface area is 157 Å². The summed E-state index contributed by atoms with van der Waals surface area (Å²) in [7, 11) is 0. The van der Waals surface area contributed by atoms with Crippen molar-refractivity contribution in [3.05, 3.63) is 0 Å². The molecule has 6 heteroatoms. The van der Waals surface area contributed by atoms with Crippen LogP contribution >= 0.6 is 0 Å². The molecule has 0 bridgehead atoms. The highest BCUT2D eigenvalue weighted by Crippen LogP contribution is 2.43. The summed E-state index contributed by atoms with van der Waals surface area (Å²) in [5, 5.41) is 19.7. The average Bonchev–Trinajstić information content (AvgIpc) is 3.38. The fourth-order valence-electron chi connectivity index (χ4n) is 3.50. The molecule has 2 fully saturated rings. The highest BCUT2D eigenvalue weighted by molar-refractivity contribution is 5.75. The molecule has 26 heavy (non-hydrogen) atoms. The summed E-state index contributed by atoms with van der Waals surface area (Å²) in [6, 6.07) is 0. The number of ether oxygens (including phenoxy) is 3. The molecule has 6 nitrogen and oxygen atoms in total. The zero-order valence-electron chi connectivity index (χ0n) is 16.6. The number of esters is 1. The molecule has 1 aliphatic carbocycles. The molecular formula is C20H36O6. The maximum absolute atomic E-state index is 12.1. The molecule has 2 N–H and O–H groups in total. The number of hydrogen-bond donors (Lipinski definition) is 2. The molecule has 0 amide bonds. The van der Waals surface area contributed by atoms with Gasteiger partial charge in [-0.15, -0.1) is 0 Å². The maximum atomic E-state index is 12.1. The Morgan fingerprint density at radius 1 is 1.19 bits per heavy atom. The lowest BCUT2D eigenvalue weighted by molar-refractivity contribution is -0.273. The van der Waals surface area contributed by atoms with E-state index in [4.69, 9.17) is 14.2 Å². The van der Waals surface area contributed by atoms with E-state index in [-0.39, 0.29) is 30.5 Å². The van der Waals surface area contributed by atoms with Gasteiger partial charge >= 0.3 is 5.97 Å². The van der Waals surface area contributed by atoms with Crippen LogP contribution in [-0.4, -0.2) is 53.5 Å². The lowest BCUT2D eigenvalue weighted by Gasteiger charge is -2.36. The Kier molecular flexibility index (Phi) is 8.33. The third-order valence-corrected chi connectivity index (χ3v) is 5.84.